The Labute approximate surface area is 125 Å². The molecule has 0 unspecified atom stereocenters. The molecule has 0 amide bonds. The van der Waals surface area contributed by atoms with E-state index in [0.717, 1.165) is 0 Å². The summed E-state index contributed by atoms with van der Waals surface area (Å²) in [5.74, 6) is -1.11. The van der Waals surface area contributed by atoms with Crippen molar-refractivity contribution in [3.63, 3.8) is 0 Å². The van der Waals surface area contributed by atoms with Crippen molar-refractivity contribution in [2.24, 2.45) is 5.73 Å². The molecule has 0 saturated heterocycles. The zero-order valence-electron chi connectivity index (χ0n) is 8.68. The average Bonchev–Trinajstić information content (AvgIpc) is 2.18. The normalized spacial score (nSPS) is 12.4. The van der Waals surface area contributed by atoms with Crippen molar-refractivity contribution in [2.75, 3.05) is 0 Å². The number of carboxylic acids is 1. The molecule has 1 rings (SSSR count). The van der Waals surface area contributed by atoms with Gasteiger partial charge in [0.15, 0.2) is 0 Å². The van der Waals surface area contributed by atoms with Crippen LogP contribution >= 0.6 is 7.82 Å². The number of carboxylic acid groups (broad SMARTS) is 1. The van der Waals surface area contributed by atoms with Gasteiger partial charge in [0.1, 0.15) is 11.8 Å². The van der Waals surface area contributed by atoms with Crippen LogP contribution in [0.1, 0.15) is 5.56 Å². The first-order chi connectivity index (χ1) is 7.78. The number of hydrogen-bond acceptors (Lipinski definition) is 4. The first kappa shape index (κ1) is 17.6. The summed E-state index contributed by atoms with van der Waals surface area (Å²) >= 11 is 0. The number of nitrogens with two attached hydrogens (primary N) is 1. The first-order valence-electron chi connectivity index (χ1n) is 4.60. The first-order valence-corrected chi connectivity index (χ1v) is 6.13. The standard InChI is InChI=1S/C9H12NO6P.Na.H/c10-8(9(11)12)5-6-1-3-7(4-2-6)16-17(13,14)15;;/h1-4,8H,5,10H2,(H,11,12)(H2,13,14,15);;/t8-;;/m0../s1. The van der Waals surface area contributed by atoms with Crippen molar-refractivity contribution in [1.29, 1.82) is 0 Å². The summed E-state index contributed by atoms with van der Waals surface area (Å²) in [6, 6.07) is 4.65. The zero-order valence-corrected chi connectivity index (χ0v) is 9.58. The Morgan fingerprint density at radius 3 is 2.22 bits per heavy atom. The van der Waals surface area contributed by atoms with Gasteiger partial charge >= 0.3 is 43.3 Å². The average molecular weight is 285 g/mol. The molecule has 1 atom stereocenters. The summed E-state index contributed by atoms with van der Waals surface area (Å²) in [5, 5.41) is 8.60. The van der Waals surface area contributed by atoms with E-state index in [1.807, 2.05) is 0 Å². The monoisotopic (exact) mass is 285 g/mol. The Morgan fingerprint density at radius 2 is 1.83 bits per heavy atom. The molecule has 5 N–H and O–H groups in total. The van der Waals surface area contributed by atoms with Gasteiger partial charge in [0.2, 0.25) is 0 Å². The van der Waals surface area contributed by atoms with Crippen LogP contribution in [0.3, 0.4) is 0 Å². The molecule has 0 heterocycles. The molecule has 96 valence electrons. The van der Waals surface area contributed by atoms with Gasteiger partial charge in [0.25, 0.3) is 0 Å². The summed E-state index contributed by atoms with van der Waals surface area (Å²) in [6.07, 6.45) is 0.130. The molecule has 0 fully saturated rings. The van der Waals surface area contributed by atoms with Crippen LogP contribution in [0.2, 0.25) is 0 Å². The van der Waals surface area contributed by atoms with Gasteiger partial charge in [-0.1, -0.05) is 12.1 Å². The van der Waals surface area contributed by atoms with E-state index in [4.69, 9.17) is 20.6 Å². The van der Waals surface area contributed by atoms with E-state index in [0.29, 0.717) is 5.56 Å². The molecule has 1 aromatic carbocycles. The van der Waals surface area contributed by atoms with Crippen LogP contribution < -0.4 is 10.3 Å². The maximum absolute atomic E-state index is 10.5. The Morgan fingerprint density at radius 1 is 1.33 bits per heavy atom. The predicted octanol–water partition coefficient (Wildman–Crippen LogP) is -0.536. The third kappa shape index (κ3) is 6.51. The second-order valence-electron chi connectivity index (χ2n) is 3.37. The summed E-state index contributed by atoms with van der Waals surface area (Å²) in [5.41, 5.74) is 5.97. The number of carbonyl (C=O) groups is 1. The fourth-order valence-electron chi connectivity index (χ4n) is 1.16. The van der Waals surface area contributed by atoms with Crippen LogP contribution in [0.4, 0.5) is 0 Å². The molecule has 0 saturated carbocycles. The number of phosphoric ester groups is 1. The van der Waals surface area contributed by atoms with Gasteiger partial charge in [-0.05, 0) is 24.1 Å². The van der Waals surface area contributed by atoms with Crippen LogP contribution in [-0.2, 0) is 15.8 Å². The van der Waals surface area contributed by atoms with Crippen LogP contribution in [0.5, 0.6) is 5.75 Å². The van der Waals surface area contributed by atoms with E-state index in [9.17, 15) is 9.36 Å². The van der Waals surface area contributed by atoms with Crippen molar-refractivity contribution in [1.82, 2.24) is 0 Å². The summed E-state index contributed by atoms with van der Waals surface area (Å²) in [4.78, 5) is 27.6. The van der Waals surface area contributed by atoms with Crippen molar-refractivity contribution >= 4 is 43.3 Å². The van der Waals surface area contributed by atoms with E-state index in [1.54, 1.807) is 0 Å². The Bertz CT molecular complexity index is 445. The SMILES string of the molecule is N[C@@H](Cc1ccc(OP(=O)(O)O)cc1)C(=O)O.[NaH]. The fourth-order valence-corrected chi connectivity index (χ4v) is 1.56. The van der Waals surface area contributed by atoms with Gasteiger partial charge in [0, 0.05) is 0 Å². The van der Waals surface area contributed by atoms with Gasteiger partial charge in [-0.15, -0.1) is 0 Å². The van der Waals surface area contributed by atoms with E-state index in [-0.39, 0.29) is 41.7 Å². The van der Waals surface area contributed by atoms with Crippen molar-refractivity contribution in [3.05, 3.63) is 29.8 Å². The second-order valence-corrected chi connectivity index (χ2v) is 4.54. The van der Waals surface area contributed by atoms with Crippen molar-refractivity contribution in [2.45, 2.75) is 12.5 Å². The maximum atomic E-state index is 10.5. The van der Waals surface area contributed by atoms with Crippen LogP contribution in [0.15, 0.2) is 24.3 Å². The van der Waals surface area contributed by atoms with Gasteiger partial charge < -0.3 is 15.4 Å². The molecule has 0 aliphatic heterocycles. The molecule has 1 aromatic rings. The van der Waals surface area contributed by atoms with E-state index < -0.39 is 19.8 Å². The minimum absolute atomic E-state index is 0. The van der Waals surface area contributed by atoms with Gasteiger partial charge in [-0.2, -0.15) is 0 Å². The summed E-state index contributed by atoms with van der Waals surface area (Å²) in [7, 11) is -4.56. The molecule has 0 aliphatic rings. The molecular weight excluding hydrogens is 272 g/mol. The predicted molar refractivity (Wildman–Crippen MR) is 65.6 cm³/mol. The van der Waals surface area contributed by atoms with Crippen LogP contribution in [0.25, 0.3) is 0 Å². The molecule has 0 radical (unpaired) electrons. The number of hydrogen-bond donors (Lipinski definition) is 4. The Balaban J connectivity index is 0.00000289. The Hall–Kier alpha value is -0.400. The zero-order chi connectivity index (χ0) is 13.1. The summed E-state index contributed by atoms with van der Waals surface area (Å²) < 4.78 is 14.9. The van der Waals surface area contributed by atoms with Crippen molar-refractivity contribution in [3.8, 4) is 5.75 Å². The molecule has 0 aromatic heterocycles. The number of phosphoric acid groups is 1. The molecule has 0 bridgehead atoms. The van der Waals surface area contributed by atoms with Crippen LogP contribution in [-0.4, -0.2) is 56.5 Å². The van der Waals surface area contributed by atoms with Gasteiger partial charge in [0.05, 0.1) is 0 Å². The molecule has 7 nitrogen and oxygen atoms in total. The number of rotatable bonds is 5. The van der Waals surface area contributed by atoms with E-state index >= 15 is 0 Å². The molecule has 18 heavy (non-hydrogen) atoms. The van der Waals surface area contributed by atoms with Crippen LogP contribution in [0, 0.1) is 0 Å². The number of benzene rings is 1. The number of aliphatic carboxylic acids is 1. The molecule has 0 aliphatic carbocycles. The van der Waals surface area contributed by atoms with Crippen molar-refractivity contribution < 1.29 is 28.8 Å². The second kappa shape index (κ2) is 7.25. The van der Waals surface area contributed by atoms with Gasteiger partial charge in [-0.3, -0.25) is 14.6 Å². The molecule has 9 heteroatoms. The minimum atomic E-state index is -4.56. The quantitative estimate of drug-likeness (QED) is 0.422. The third-order valence-corrected chi connectivity index (χ3v) is 2.37. The fraction of sp³-hybridized carbons (Fsp3) is 0.222. The van der Waals surface area contributed by atoms with Gasteiger partial charge in [-0.25, -0.2) is 4.57 Å². The third-order valence-electron chi connectivity index (χ3n) is 1.92. The molecular formula is C9H13NNaO6P. The summed E-state index contributed by atoms with van der Waals surface area (Å²) in [6.45, 7) is 0. The Kier molecular flexibility index (Phi) is 7.09. The van der Waals surface area contributed by atoms with E-state index in [2.05, 4.69) is 4.52 Å². The van der Waals surface area contributed by atoms with E-state index in [1.165, 1.54) is 24.3 Å². The topological polar surface area (TPSA) is 130 Å². The molecule has 0 spiro atoms.